The molecule has 7 rings (SSSR count). The van der Waals surface area contributed by atoms with E-state index in [0.29, 0.717) is 30.8 Å². The van der Waals surface area contributed by atoms with Crippen molar-refractivity contribution in [2.75, 3.05) is 7.11 Å². The van der Waals surface area contributed by atoms with Crippen LogP contribution in [-0.4, -0.2) is 59.0 Å². The predicted octanol–water partition coefficient (Wildman–Crippen LogP) is 5.20. The third-order valence-corrected chi connectivity index (χ3v) is 11.1. The molecule has 2 aromatic rings. The second kappa shape index (κ2) is 12.8. The van der Waals surface area contributed by atoms with Gasteiger partial charge in [0.25, 0.3) is 0 Å². The highest BCUT2D eigenvalue weighted by Gasteiger charge is 2.71. The van der Waals surface area contributed by atoms with Crippen LogP contribution < -0.4 is 9.47 Å². The molecule has 5 aliphatic rings. The highest BCUT2D eigenvalue weighted by molar-refractivity contribution is 5.85. The summed E-state index contributed by atoms with van der Waals surface area (Å²) in [6, 6.07) is 12.0. The van der Waals surface area contributed by atoms with E-state index in [2.05, 4.69) is 0 Å². The van der Waals surface area contributed by atoms with Gasteiger partial charge in [-0.3, -0.25) is 9.59 Å². The molecule has 2 bridgehead atoms. The maximum atomic E-state index is 13.4. The number of ether oxygens (including phenoxy) is 5. The first-order valence-electron chi connectivity index (χ1n) is 17.0. The summed E-state index contributed by atoms with van der Waals surface area (Å²) < 4.78 is 29.0. The first kappa shape index (κ1) is 33.6. The van der Waals surface area contributed by atoms with Gasteiger partial charge in [-0.15, -0.1) is 0 Å². The fourth-order valence-electron chi connectivity index (χ4n) is 8.72. The second-order valence-corrected chi connectivity index (χ2v) is 14.0. The number of aliphatic carboxylic acids is 1. The Kier molecular flexibility index (Phi) is 8.58. The van der Waals surface area contributed by atoms with E-state index < -0.39 is 65.0 Å². The number of aliphatic hydroxyl groups is 1. The molecular formula is C39H40O11. The van der Waals surface area contributed by atoms with Crippen molar-refractivity contribution in [3.63, 3.8) is 0 Å². The Morgan fingerprint density at radius 1 is 1.00 bits per heavy atom. The summed E-state index contributed by atoms with van der Waals surface area (Å²) in [4.78, 5) is 52.0. The van der Waals surface area contributed by atoms with Crippen molar-refractivity contribution in [3.8, 4) is 11.5 Å². The molecule has 7 atom stereocenters. The van der Waals surface area contributed by atoms with Gasteiger partial charge >= 0.3 is 23.9 Å². The number of carbonyl (C=O) groups excluding carboxylic acids is 3. The van der Waals surface area contributed by atoms with Crippen molar-refractivity contribution in [1.82, 2.24) is 0 Å². The fraction of sp³-hybridized carbons (Fsp3) is 0.436. The summed E-state index contributed by atoms with van der Waals surface area (Å²) in [6.45, 7) is 1.67. The van der Waals surface area contributed by atoms with Crippen LogP contribution in [0.2, 0.25) is 0 Å². The topological polar surface area (TPSA) is 155 Å². The molecule has 1 heterocycles. The predicted molar refractivity (Wildman–Crippen MR) is 177 cm³/mol. The zero-order valence-corrected chi connectivity index (χ0v) is 28.0. The fourth-order valence-corrected chi connectivity index (χ4v) is 8.72. The van der Waals surface area contributed by atoms with E-state index >= 15 is 0 Å². The maximum absolute atomic E-state index is 13.4. The number of allylic oxidation sites excluding steroid dienone is 3. The summed E-state index contributed by atoms with van der Waals surface area (Å²) in [5, 5.41) is 22.2. The van der Waals surface area contributed by atoms with Crippen molar-refractivity contribution in [1.29, 1.82) is 0 Å². The lowest BCUT2D eigenvalue weighted by atomic mass is 9.47. The third-order valence-electron chi connectivity index (χ3n) is 11.1. The van der Waals surface area contributed by atoms with E-state index in [4.69, 9.17) is 23.7 Å². The Labute approximate surface area is 289 Å². The first-order valence-corrected chi connectivity index (χ1v) is 17.0. The van der Waals surface area contributed by atoms with Gasteiger partial charge in [-0.05, 0) is 55.7 Å². The van der Waals surface area contributed by atoms with Crippen LogP contribution in [0.3, 0.4) is 0 Å². The van der Waals surface area contributed by atoms with Crippen LogP contribution in [0.5, 0.6) is 11.5 Å². The number of hydrogen-bond donors (Lipinski definition) is 2. The monoisotopic (exact) mass is 684 g/mol. The third kappa shape index (κ3) is 5.39. The average molecular weight is 685 g/mol. The number of carbonyl (C=O) groups is 4. The summed E-state index contributed by atoms with van der Waals surface area (Å²) >= 11 is 0. The van der Waals surface area contributed by atoms with Crippen LogP contribution in [-0.2, 0) is 45.2 Å². The van der Waals surface area contributed by atoms with E-state index in [1.165, 1.54) is 0 Å². The minimum atomic E-state index is -1.56. The van der Waals surface area contributed by atoms with Gasteiger partial charge in [0, 0.05) is 16.5 Å². The molecule has 1 unspecified atom stereocenters. The number of methoxy groups -OCH3 is 1. The smallest absolute Gasteiger partial charge is 0.353 e. The van der Waals surface area contributed by atoms with Crippen molar-refractivity contribution in [2.45, 2.75) is 87.6 Å². The number of benzene rings is 2. The Bertz CT molecular complexity index is 1810. The molecule has 50 heavy (non-hydrogen) atoms. The Morgan fingerprint density at radius 3 is 2.50 bits per heavy atom. The molecule has 1 saturated carbocycles. The van der Waals surface area contributed by atoms with Gasteiger partial charge in [0.15, 0.2) is 17.6 Å². The molecule has 0 aromatic heterocycles. The van der Waals surface area contributed by atoms with Crippen LogP contribution in [0.4, 0.5) is 0 Å². The van der Waals surface area contributed by atoms with Crippen LogP contribution in [0.25, 0.3) is 0 Å². The van der Waals surface area contributed by atoms with Crippen molar-refractivity contribution in [3.05, 3.63) is 95.3 Å². The minimum absolute atomic E-state index is 0.0336. The standard InChI is InChI=1S/C39H40O11/c1-37(18-7-4-8-19-37)34(35(42)43)50-36(44)31(23-10-5-3-6-11-23)48-29(41)16-15-28(40)47-27-17-21-39(45)25-12-9-20-38(39)30-24(22-25)13-14-26(46-2)32(30)49-33(27)38/h3-8,10-11,13-14,17-18,25,31,33-34,45H,9,12,15-16,19-22H2,1-2H3,(H,42,43)/t25-,31+,33+,34-,37?,38+,39-/m1/s1. The lowest BCUT2D eigenvalue weighted by Crippen LogP contribution is -2.67. The maximum Gasteiger partial charge on any atom is 0.353 e. The number of carboxylic acid groups (broad SMARTS) is 1. The summed E-state index contributed by atoms with van der Waals surface area (Å²) in [7, 11) is 1.56. The molecule has 2 N–H and O–H groups in total. The molecule has 11 heteroatoms. The lowest BCUT2D eigenvalue weighted by molar-refractivity contribution is -0.183. The molecule has 0 saturated heterocycles. The molecule has 1 aliphatic heterocycles. The quantitative estimate of drug-likeness (QED) is 0.237. The van der Waals surface area contributed by atoms with Crippen molar-refractivity contribution < 1.29 is 53.1 Å². The number of carboxylic acids is 1. The normalized spacial score (nSPS) is 29.4. The van der Waals surface area contributed by atoms with Crippen LogP contribution in [0, 0.1) is 11.3 Å². The Morgan fingerprint density at radius 2 is 1.78 bits per heavy atom. The summed E-state index contributed by atoms with van der Waals surface area (Å²) in [6.07, 6.45) is 7.79. The van der Waals surface area contributed by atoms with E-state index in [9.17, 15) is 29.4 Å². The largest absolute Gasteiger partial charge is 0.493 e. The van der Waals surface area contributed by atoms with E-state index in [-0.39, 0.29) is 23.7 Å². The second-order valence-electron chi connectivity index (χ2n) is 14.0. The van der Waals surface area contributed by atoms with Crippen molar-refractivity contribution in [2.24, 2.45) is 11.3 Å². The first-order chi connectivity index (χ1) is 24.0. The van der Waals surface area contributed by atoms with Gasteiger partial charge in [-0.2, -0.15) is 0 Å². The number of esters is 3. The highest BCUT2D eigenvalue weighted by Crippen LogP contribution is 2.67. The van der Waals surface area contributed by atoms with E-state index in [0.717, 1.165) is 30.4 Å². The van der Waals surface area contributed by atoms with Gasteiger partial charge in [0.05, 0.1) is 31.0 Å². The molecule has 1 fully saturated rings. The van der Waals surface area contributed by atoms with Gasteiger partial charge in [-0.1, -0.05) is 74.0 Å². The molecule has 2 aromatic carbocycles. The molecule has 1 spiro atoms. The van der Waals surface area contributed by atoms with Gasteiger partial charge in [0.2, 0.25) is 12.2 Å². The van der Waals surface area contributed by atoms with Gasteiger partial charge in [-0.25, -0.2) is 9.59 Å². The van der Waals surface area contributed by atoms with Crippen LogP contribution in [0.1, 0.15) is 74.7 Å². The molecule has 4 aliphatic carbocycles. The zero-order chi connectivity index (χ0) is 35.3. The Hall–Kier alpha value is -4.90. The molecular weight excluding hydrogens is 644 g/mol. The van der Waals surface area contributed by atoms with Gasteiger partial charge in [0.1, 0.15) is 5.76 Å². The minimum Gasteiger partial charge on any atom is -0.493 e. The number of hydrogen-bond acceptors (Lipinski definition) is 10. The number of rotatable bonds is 11. The SMILES string of the molecule is COc1ccc2c3c1O[C@H]1C(OC(=O)CCC(=O)O[C@H](C(=O)O[C@H](C(=O)O)C4(C)C=CC=CC4)c4ccccc4)=CC[C@@]4(O)[C@H](CCC[C@]314)C2. The summed E-state index contributed by atoms with van der Waals surface area (Å²) in [5.74, 6) is -2.54. The molecule has 0 radical (unpaired) electrons. The average Bonchev–Trinajstić information content (AvgIpc) is 3.45. The van der Waals surface area contributed by atoms with E-state index in [1.807, 2.05) is 12.1 Å². The van der Waals surface area contributed by atoms with Crippen molar-refractivity contribution >= 4 is 23.9 Å². The molecule has 262 valence electrons. The molecule has 11 nitrogen and oxygen atoms in total. The molecule has 0 amide bonds. The zero-order valence-electron chi connectivity index (χ0n) is 28.0. The van der Waals surface area contributed by atoms with Gasteiger partial charge < -0.3 is 33.9 Å². The van der Waals surface area contributed by atoms with Crippen LogP contribution in [0.15, 0.2) is 78.6 Å². The summed E-state index contributed by atoms with van der Waals surface area (Å²) in [5.41, 5.74) is -0.556. The Balaban J connectivity index is 1.04. The highest BCUT2D eigenvalue weighted by atomic mass is 16.6. The lowest BCUT2D eigenvalue weighted by Gasteiger charge is -2.59. The van der Waals surface area contributed by atoms with E-state index in [1.54, 1.807) is 74.7 Å². The van der Waals surface area contributed by atoms with Crippen LogP contribution >= 0.6 is 0 Å².